The van der Waals surface area contributed by atoms with Crippen molar-refractivity contribution in [1.82, 2.24) is 5.32 Å². The first-order chi connectivity index (χ1) is 8.66. The van der Waals surface area contributed by atoms with Gasteiger partial charge in [0, 0.05) is 23.0 Å². The van der Waals surface area contributed by atoms with Gasteiger partial charge in [-0.15, -0.1) is 0 Å². The van der Waals surface area contributed by atoms with E-state index in [1.807, 2.05) is 0 Å². The summed E-state index contributed by atoms with van der Waals surface area (Å²) in [6, 6.07) is 4.44. The Kier molecular flexibility index (Phi) is 7.46. The van der Waals surface area contributed by atoms with Crippen LogP contribution in [0.1, 0.15) is 16.8 Å². The van der Waals surface area contributed by atoms with Crippen LogP contribution in [0.15, 0.2) is 22.7 Å². The van der Waals surface area contributed by atoms with E-state index >= 15 is 0 Å². The van der Waals surface area contributed by atoms with Crippen molar-refractivity contribution < 1.29 is 13.9 Å². The molecule has 1 rings (SSSR count). The van der Waals surface area contributed by atoms with Crippen LogP contribution in [0.3, 0.4) is 0 Å². The van der Waals surface area contributed by atoms with Gasteiger partial charge in [0.25, 0.3) is 5.91 Å². The lowest BCUT2D eigenvalue weighted by Gasteiger charge is -2.07. The van der Waals surface area contributed by atoms with Crippen LogP contribution in [-0.2, 0) is 4.74 Å². The molecule has 1 aromatic rings. The SMILES string of the molecule is O=C(NCCCOCCBr)c1c(F)cccc1Br. The van der Waals surface area contributed by atoms with Gasteiger partial charge in [0.15, 0.2) is 0 Å². The predicted molar refractivity (Wildman–Crippen MR) is 75.7 cm³/mol. The molecule has 6 heteroatoms. The van der Waals surface area contributed by atoms with Crippen LogP contribution >= 0.6 is 31.9 Å². The number of hydrogen-bond donors (Lipinski definition) is 1. The topological polar surface area (TPSA) is 38.3 Å². The summed E-state index contributed by atoms with van der Waals surface area (Å²) < 4.78 is 19.1. The molecule has 0 aromatic heterocycles. The second-order valence-corrected chi connectivity index (χ2v) is 5.15. The smallest absolute Gasteiger partial charge is 0.255 e. The third-order valence-electron chi connectivity index (χ3n) is 2.16. The van der Waals surface area contributed by atoms with E-state index in [0.717, 1.165) is 5.33 Å². The second-order valence-electron chi connectivity index (χ2n) is 3.51. The van der Waals surface area contributed by atoms with Gasteiger partial charge in [-0.05, 0) is 34.5 Å². The van der Waals surface area contributed by atoms with Gasteiger partial charge in [-0.25, -0.2) is 4.39 Å². The maximum absolute atomic E-state index is 13.5. The Labute approximate surface area is 122 Å². The van der Waals surface area contributed by atoms with Gasteiger partial charge in [0.05, 0.1) is 12.2 Å². The molecule has 0 bridgehead atoms. The van der Waals surface area contributed by atoms with Gasteiger partial charge in [0.1, 0.15) is 5.82 Å². The molecule has 18 heavy (non-hydrogen) atoms. The van der Waals surface area contributed by atoms with E-state index in [2.05, 4.69) is 37.2 Å². The van der Waals surface area contributed by atoms with E-state index in [-0.39, 0.29) is 5.56 Å². The van der Waals surface area contributed by atoms with Gasteiger partial charge in [-0.1, -0.05) is 22.0 Å². The van der Waals surface area contributed by atoms with Crippen LogP contribution in [0.2, 0.25) is 0 Å². The first-order valence-corrected chi connectivity index (χ1v) is 7.44. The molecule has 1 amide bonds. The average Bonchev–Trinajstić information content (AvgIpc) is 2.33. The summed E-state index contributed by atoms with van der Waals surface area (Å²) in [6.07, 6.45) is 0.699. The Morgan fingerprint density at radius 1 is 1.39 bits per heavy atom. The van der Waals surface area contributed by atoms with Crippen LogP contribution in [-0.4, -0.2) is 31.0 Å². The maximum Gasteiger partial charge on any atom is 0.255 e. The number of carbonyl (C=O) groups excluding carboxylic acids is 1. The minimum Gasteiger partial charge on any atom is -0.381 e. The molecule has 0 spiro atoms. The zero-order chi connectivity index (χ0) is 13.4. The minimum atomic E-state index is -0.530. The molecule has 0 aliphatic rings. The highest BCUT2D eigenvalue weighted by atomic mass is 79.9. The molecular formula is C12H14Br2FNO2. The van der Waals surface area contributed by atoms with E-state index in [9.17, 15) is 9.18 Å². The highest BCUT2D eigenvalue weighted by Crippen LogP contribution is 2.19. The highest BCUT2D eigenvalue weighted by molar-refractivity contribution is 9.10. The largest absolute Gasteiger partial charge is 0.381 e. The van der Waals surface area contributed by atoms with Crippen molar-refractivity contribution in [2.24, 2.45) is 0 Å². The van der Waals surface area contributed by atoms with Crippen LogP contribution in [0.25, 0.3) is 0 Å². The fourth-order valence-electron chi connectivity index (χ4n) is 1.34. The first-order valence-electron chi connectivity index (χ1n) is 5.52. The van der Waals surface area contributed by atoms with Crippen molar-refractivity contribution in [3.63, 3.8) is 0 Å². The minimum absolute atomic E-state index is 0.0406. The molecule has 0 radical (unpaired) electrons. The normalized spacial score (nSPS) is 10.4. The van der Waals surface area contributed by atoms with Gasteiger partial charge in [0.2, 0.25) is 0 Å². The van der Waals surface area contributed by atoms with Crippen molar-refractivity contribution in [1.29, 1.82) is 0 Å². The fourth-order valence-corrected chi connectivity index (χ4v) is 2.09. The number of benzene rings is 1. The molecule has 0 fully saturated rings. The maximum atomic E-state index is 13.5. The van der Waals surface area contributed by atoms with E-state index in [1.54, 1.807) is 12.1 Å². The van der Waals surface area contributed by atoms with E-state index in [0.29, 0.717) is 30.7 Å². The third kappa shape index (κ3) is 5.04. The Balaban J connectivity index is 2.37. The summed E-state index contributed by atoms with van der Waals surface area (Å²) in [6.45, 7) is 1.68. The number of carbonyl (C=O) groups is 1. The standard InChI is InChI=1S/C12H14Br2FNO2/c13-5-8-18-7-2-6-16-12(17)11-9(14)3-1-4-10(11)15/h1,3-4H,2,5-8H2,(H,16,17). The van der Waals surface area contributed by atoms with Crippen LogP contribution < -0.4 is 5.32 Å². The lowest BCUT2D eigenvalue weighted by Crippen LogP contribution is -2.26. The summed E-state index contributed by atoms with van der Waals surface area (Å²) in [5.74, 6) is -0.946. The number of ether oxygens (including phenoxy) is 1. The summed E-state index contributed by atoms with van der Waals surface area (Å²) in [7, 11) is 0. The van der Waals surface area contributed by atoms with Gasteiger partial charge < -0.3 is 10.1 Å². The molecule has 1 N–H and O–H groups in total. The number of alkyl halides is 1. The zero-order valence-corrected chi connectivity index (χ0v) is 12.9. The van der Waals surface area contributed by atoms with E-state index in [4.69, 9.17) is 4.74 Å². The second kappa shape index (κ2) is 8.61. The number of hydrogen-bond acceptors (Lipinski definition) is 2. The molecule has 0 aliphatic carbocycles. The number of halogens is 3. The average molecular weight is 383 g/mol. The molecule has 100 valence electrons. The van der Waals surface area contributed by atoms with Crippen LogP contribution in [0.4, 0.5) is 4.39 Å². The highest BCUT2D eigenvalue weighted by Gasteiger charge is 2.14. The molecule has 1 aromatic carbocycles. The molecule has 3 nitrogen and oxygen atoms in total. The third-order valence-corrected chi connectivity index (χ3v) is 3.15. The van der Waals surface area contributed by atoms with Crippen molar-refractivity contribution in [2.75, 3.05) is 25.1 Å². The Bertz CT molecular complexity index is 381. The number of amides is 1. The quantitative estimate of drug-likeness (QED) is 0.581. The van der Waals surface area contributed by atoms with E-state index < -0.39 is 11.7 Å². The number of nitrogens with one attached hydrogen (secondary N) is 1. The lowest BCUT2D eigenvalue weighted by molar-refractivity contribution is 0.0940. The first kappa shape index (κ1) is 15.6. The molecule has 0 saturated heterocycles. The zero-order valence-electron chi connectivity index (χ0n) is 9.72. The van der Waals surface area contributed by atoms with Crippen molar-refractivity contribution in [3.05, 3.63) is 34.1 Å². The van der Waals surface area contributed by atoms with Gasteiger partial charge in [-0.3, -0.25) is 4.79 Å². The van der Waals surface area contributed by atoms with Crippen LogP contribution in [0, 0.1) is 5.82 Å². The summed E-state index contributed by atoms with van der Waals surface area (Å²) in [4.78, 5) is 11.7. The molecule has 0 heterocycles. The Hall–Kier alpha value is -0.460. The van der Waals surface area contributed by atoms with Crippen molar-refractivity contribution >= 4 is 37.8 Å². The summed E-state index contributed by atoms with van der Waals surface area (Å²) in [5.41, 5.74) is 0.0406. The fraction of sp³-hybridized carbons (Fsp3) is 0.417. The molecule has 0 saturated carbocycles. The van der Waals surface area contributed by atoms with Gasteiger partial charge in [-0.2, -0.15) is 0 Å². The predicted octanol–water partition coefficient (Wildman–Crippen LogP) is 3.12. The molecule has 0 unspecified atom stereocenters. The Morgan fingerprint density at radius 2 is 2.17 bits per heavy atom. The molecule has 0 aliphatic heterocycles. The number of rotatable bonds is 7. The van der Waals surface area contributed by atoms with E-state index in [1.165, 1.54) is 6.07 Å². The lowest BCUT2D eigenvalue weighted by atomic mass is 10.2. The van der Waals surface area contributed by atoms with Crippen molar-refractivity contribution in [3.8, 4) is 0 Å². The summed E-state index contributed by atoms with van der Waals surface area (Å²) >= 11 is 6.41. The van der Waals surface area contributed by atoms with Crippen molar-refractivity contribution in [2.45, 2.75) is 6.42 Å². The van der Waals surface area contributed by atoms with Gasteiger partial charge >= 0.3 is 0 Å². The molecule has 0 atom stereocenters. The Morgan fingerprint density at radius 3 is 2.83 bits per heavy atom. The summed E-state index contributed by atoms with van der Waals surface area (Å²) in [5, 5.41) is 3.45. The van der Waals surface area contributed by atoms with Crippen LogP contribution in [0.5, 0.6) is 0 Å². The molecular weight excluding hydrogens is 369 g/mol. The monoisotopic (exact) mass is 381 g/mol.